The summed E-state index contributed by atoms with van der Waals surface area (Å²) in [6.07, 6.45) is 0.886. The number of nitrogens with two attached hydrogens (primary N) is 1. The van der Waals surface area contributed by atoms with Gasteiger partial charge >= 0.3 is 0 Å². The number of non-ortho nitro benzene ring substituents is 1. The Kier molecular flexibility index (Phi) is 4.04. The lowest BCUT2D eigenvalue weighted by molar-refractivity contribution is -0.384. The number of carbonyl (C=O) groups excluding carboxylic acids is 1. The Labute approximate surface area is 117 Å². The molecule has 1 saturated heterocycles. The second-order valence-corrected chi connectivity index (χ2v) is 5.42. The molecule has 1 heterocycles. The molecule has 6 nitrogen and oxygen atoms in total. The molecule has 1 fully saturated rings. The highest BCUT2D eigenvalue weighted by molar-refractivity contribution is 5.96. The number of amides is 1. The van der Waals surface area contributed by atoms with E-state index in [2.05, 4.69) is 0 Å². The Hall–Kier alpha value is -1.95. The molecular formula is C14H19N3O3. The Bertz CT molecular complexity index is 542. The molecule has 1 aromatic rings. The van der Waals surface area contributed by atoms with Crippen molar-refractivity contribution in [3.8, 4) is 0 Å². The number of nitro benzene ring substituents is 1. The topological polar surface area (TPSA) is 89.5 Å². The zero-order chi connectivity index (χ0) is 14.9. The van der Waals surface area contributed by atoms with Crippen molar-refractivity contribution in [2.45, 2.75) is 26.3 Å². The molecule has 0 spiro atoms. The highest BCUT2D eigenvalue weighted by atomic mass is 16.6. The number of benzene rings is 1. The molecule has 108 valence electrons. The van der Waals surface area contributed by atoms with Gasteiger partial charge in [-0.15, -0.1) is 0 Å². The fourth-order valence-corrected chi connectivity index (χ4v) is 2.53. The van der Waals surface area contributed by atoms with Crippen molar-refractivity contribution in [1.29, 1.82) is 0 Å². The Morgan fingerprint density at radius 2 is 2.25 bits per heavy atom. The summed E-state index contributed by atoms with van der Waals surface area (Å²) in [6, 6.07) is 4.45. The zero-order valence-electron chi connectivity index (χ0n) is 11.7. The van der Waals surface area contributed by atoms with Gasteiger partial charge in [-0.1, -0.05) is 6.07 Å². The molecule has 0 bridgehead atoms. The van der Waals surface area contributed by atoms with Crippen LogP contribution in [0.15, 0.2) is 18.2 Å². The zero-order valence-corrected chi connectivity index (χ0v) is 11.7. The van der Waals surface area contributed by atoms with Gasteiger partial charge in [0.1, 0.15) is 0 Å². The van der Waals surface area contributed by atoms with Crippen LogP contribution in [-0.4, -0.2) is 34.9 Å². The lowest BCUT2D eigenvalue weighted by Crippen LogP contribution is -2.33. The van der Waals surface area contributed by atoms with E-state index in [4.69, 9.17) is 5.73 Å². The molecule has 0 radical (unpaired) electrons. The predicted molar refractivity (Wildman–Crippen MR) is 75.5 cm³/mol. The second-order valence-electron chi connectivity index (χ2n) is 5.42. The summed E-state index contributed by atoms with van der Waals surface area (Å²) < 4.78 is 0. The summed E-state index contributed by atoms with van der Waals surface area (Å²) in [4.78, 5) is 24.5. The van der Waals surface area contributed by atoms with Crippen LogP contribution in [0.2, 0.25) is 0 Å². The van der Waals surface area contributed by atoms with Gasteiger partial charge in [-0.05, 0) is 31.7 Å². The van der Waals surface area contributed by atoms with E-state index in [1.165, 1.54) is 12.1 Å². The first kappa shape index (κ1) is 14.5. The average Bonchev–Trinajstić information content (AvgIpc) is 2.88. The van der Waals surface area contributed by atoms with Gasteiger partial charge < -0.3 is 10.6 Å². The van der Waals surface area contributed by atoms with Gasteiger partial charge in [0.2, 0.25) is 0 Å². The molecule has 6 heteroatoms. The Morgan fingerprint density at radius 3 is 2.80 bits per heavy atom. The highest BCUT2D eigenvalue weighted by Crippen LogP contribution is 2.24. The van der Waals surface area contributed by atoms with Crippen LogP contribution in [-0.2, 0) is 0 Å². The monoisotopic (exact) mass is 277 g/mol. The summed E-state index contributed by atoms with van der Waals surface area (Å²) in [5.74, 6) is 0.160. The fourth-order valence-electron chi connectivity index (χ4n) is 2.53. The molecule has 0 aliphatic carbocycles. The van der Waals surface area contributed by atoms with Crippen molar-refractivity contribution in [2.75, 3.05) is 13.1 Å². The third-order valence-electron chi connectivity index (χ3n) is 3.92. The van der Waals surface area contributed by atoms with E-state index in [-0.39, 0.29) is 17.6 Å². The molecule has 1 aliphatic heterocycles. The maximum atomic E-state index is 12.5. The molecule has 2 atom stereocenters. The molecule has 0 saturated carbocycles. The molecule has 1 aromatic carbocycles. The summed E-state index contributed by atoms with van der Waals surface area (Å²) in [7, 11) is 0. The molecule has 2 rings (SSSR count). The van der Waals surface area contributed by atoms with Crippen molar-refractivity contribution in [3.05, 3.63) is 39.4 Å². The van der Waals surface area contributed by atoms with Crippen molar-refractivity contribution in [3.63, 3.8) is 0 Å². The smallest absolute Gasteiger partial charge is 0.270 e. The first-order valence-corrected chi connectivity index (χ1v) is 6.70. The number of rotatable bonds is 3. The lowest BCUT2D eigenvalue weighted by atomic mass is 10.0. The van der Waals surface area contributed by atoms with Crippen LogP contribution in [0.3, 0.4) is 0 Å². The minimum absolute atomic E-state index is 0.0538. The maximum Gasteiger partial charge on any atom is 0.270 e. The van der Waals surface area contributed by atoms with Gasteiger partial charge in [-0.25, -0.2) is 0 Å². The van der Waals surface area contributed by atoms with Crippen molar-refractivity contribution in [1.82, 2.24) is 4.90 Å². The average molecular weight is 277 g/mol. The SMILES string of the molecule is Cc1ccc([N+](=O)[O-])cc1C(=O)N1CCC(C(C)N)C1. The van der Waals surface area contributed by atoms with E-state index < -0.39 is 4.92 Å². The van der Waals surface area contributed by atoms with E-state index in [1.807, 2.05) is 6.92 Å². The van der Waals surface area contributed by atoms with Gasteiger partial charge in [0.25, 0.3) is 11.6 Å². The number of aryl methyl sites for hydroxylation is 1. The van der Waals surface area contributed by atoms with E-state index in [0.717, 1.165) is 12.0 Å². The van der Waals surface area contributed by atoms with Gasteiger partial charge in [-0.2, -0.15) is 0 Å². The Balaban J connectivity index is 2.21. The molecule has 1 amide bonds. The lowest BCUT2D eigenvalue weighted by Gasteiger charge is -2.19. The standard InChI is InChI=1S/C14H19N3O3/c1-9-3-4-12(17(19)20)7-13(9)14(18)16-6-5-11(8-16)10(2)15/h3-4,7,10-11H,5-6,8,15H2,1-2H3. The van der Waals surface area contributed by atoms with Crippen LogP contribution < -0.4 is 5.73 Å². The largest absolute Gasteiger partial charge is 0.338 e. The number of likely N-dealkylation sites (tertiary alicyclic amines) is 1. The molecule has 2 unspecified atom stereocenters. The number of nitro groups is 1. The summed E-state index contributed by atoms with van der Waals surface area (Å²) >= 11 is 0. The van der Waals surface area contributed by atoms with E-state index >= 15 is 0 Å². The van der Waals surface area contributed by atoms with E-state index in [1.54, 1.807) is 17.9 Å². The van der Waals surface area contributed by atoms with Crippen LogP contribution in [0.4, 0.5) is 5.69 Å². The first-order chi connectivity index (χ1) is 9.40. The van der Waals surface area contributed by atoms with Gasteiger partial charge in [0, 0.05) is 36.8 Å². The molecule has 0 aromatic heterocycles. The van der Waals surface area contributed by atoms with Crippen LogP contribution in [0.5, 0.6) is 0 Å². The van der Waals surface area contributed by atoms with Crippen molar-refractivity contribution in [2.24, 2.45) is 11.7 Å². The van der Waals surface area contributed by atoms with Crippen molar-refractivity contribution < 1.29 is 9.72 Å². The van der Waals surface area contributed by atoms with Crippen LogP contribution in [0.25, 0.3) is 0 Å². The minimum Gasteiger partial charge on any atom is -0.338 e. The van der Waals surface area contributed by atoms with Gasteiger partial charge in [0.15, 0.2) is 0 Å². The van der Waals surface area contributed by atoms with Crippen LogP contribution >= 0.6 is 0 Å². The highest BCUT2D eigenvalue weighted by Gasteiger charge is 2.30. The van der Waals surface area contributed by atoms with Gasteiger partial charge in [0.05, 0.1) is 4.92 Å². The molecular weight excluding hydrogens is 258 g/mol. The summed E-state index contributed by atoms with van der Waals surface area (Å²) in [6.45, 7) is 5.01. The summed E-state index contributed by atoms with van der Waals surface area (Å²) in [5.41, 5.74) is 6.97. The maximum absolute atomic E-state index is 12.5. The second kappa shape index (κ2) is 5.58. The number of hydrogen-bond donors (Lipinski definition) is 1. The predicted octanol–water partition coefficient (Wildman–Crippen LogP) is 1.71. The van der Waals surface area contributed by atoms with Crippen molar-refractivity contribution >= 4 is 11.6 Å². The number of nitrogens with zero attached hydrogens (tertiary/aromatic N) is 2. The van der Waals surface area contributed by atoms with E-state index in [9.17, 15) is 14.9 Å². The summed E-state index contributed by atoms with van der Waals surface area (Å²) in [5, 5.41) is 10.8. The Morgan fingerprint density at radius 1 is 1.55 bits per heavy atom. The number of carbonyl (C=O) groups is 1. The van der Waals surface area contributed by atoms with Gasteiger partial charge in [-0.3, -0.25) is 14.9 Å². The molecule has 20 heavy (non-hydrogen) atoms. The van der Waals surface area contributed by atoms with E-state index in [0.29, 0.717) is 24.6 Å². The quantitative estimate of drug-likeness (QED) is 0.672. The molecule has 2 N–H and O–H groups in total. The first-order valence-electron chi connectivity index (χ1n) is 6.70. The number of hydrogen-bond acceptors (Lipinski definition) is 4. The molecule has 1 aliphatic rings. The van der Waals surface area contributed by atoms with Crippen LogP contribution in [0.1, 0.15) is 29.3 Å². The normalized spacial score (nSPS) is 19.9. The van der Waals surface area contributed by atoms with Crippen LogP contribution in [0, 0.1) is 23.0 Å². The third-order valence-corrected chi connectivity index (χ3v) is 3.92. The minimum atomic E-state index is -0.481. The third kappa shape index (κ3) is 2.80. The fraction of sp³-hybridized carbons (Fsp3) is 0.500.